The average Bonchev–Trinajstić information content (AvgIpc) is 2.66. The quantitative estimate of drug-likeness (QED) is 0.129. The fourth-order valence-electron chi connectivity index (χ4n) is 1.26. The Morgan fingerprint density at radius 2 is 1.06 bits per heavy atom. The third-order valence-electron chi connectivity index (χ3n) is 2.20. The van der Waals surface area contributed by atoms with Crippen molar-refractivity contribution in [2.45, 2.75) is 33.8 Å². The molecule has 0 radical (unpaired) electrons. The molecule has 0 saturated carbocycles. The molecule has 0 aromatic heterocycles. The molecule has 0 aliphatic carbocycles. The summed E-state index contributed by atoms with van der Waals surface area (Å²) in [5.74, 6) is -2.28. The number of hydrogen-bond acceptors (Lipinski definition) is 10. The highest BCUT2D eigenvalue weighted by molar-refractivity contribution is 9.09. The van der Waals surface area contributed by atoms with Crippen molar-refractivity contribution in [3.63, 3.8) is 0 Å². The molecule has 0 saturated heterocycles. The molecule has 0 heterocycles. The van der Waals surface area contributed by atoms with Gasteiger partial charge in [0.05, 0.1) is 52.9 Å². The lowest BCUT2D eigenvalue weighted by Gasteiger charge is -2.18. The molecule has 0 rings (SSSR count). The number of aliphatic hydroxyl groups excluding tert-OH is 2. The zero-order chi connectivity index (χ0) is 24.5. The number of hydrogen-bond donors (Lipinski definition) is 4. The van der Waals surface area contributed by atoms with Gasteiger partial charge in [0.15, 0.2) is 0 Å². The maximum Gasteiger partial charge on any atom is 0.329 e. The third-order valence-corrected chi connectivity index (χ3v) is 2.65. The second kappa shape index (κ2) is 27.7. The number of carbonyl (C=O) groups is 3. The fourth-order valence-corrected chi connectivity index (χ4v) is 1.37. The number of carboxylic acids is 2. The number of carbonyl (C=O) groups excluding carboxylic acids is 1. The highest BCUT2D eigenvalue weighted by Gasteiger charge is 2.14. The Morgan fingerprint density at radius 3 is 1.31 bits per heavy atom. The van der Waals surface area contributed by atoms with Gasteiger partial charge in [-0.3, -0.25) is 4.79 Å². The van der Waals surface area contributed by atoms with Crippen molar-refractivity contribution in [1.29, 1.82) is 0 Å². The van der Waals surface area contributed by atoms with Crippen LogP contribution in [0.25, 0.3) is 0 Å². The molecule has 4 N–H and O–H groups in total. The molecule has 0 aliphatic heterocycles. The first-order valence-corrected chi connectivity index (χ1v) is 10.4. The van der Waals surface area contributed by atoms with Crippen molar-refractivity contribution in [3.8, 4) is 0 Å². The second-order valence-electron chi connectivity index (χ2n) is 6.28. The van der Waals surface area contributed by atoms with Gasteiger partial charge < -0.3 is 44.1 Å². The zero-order valence-electron chi connectivity index (χ0n) is 18.2. The first-order chi connectivity index (χ1) is 14.5. The molecule has 0 bridgehead atoms. The molecule has 0 atom stereocenters. The van der Waals surface area contributed by atoms with E-state index in [0.717, 1.165) is 0 Å². The van der Waals surface area contributed by atoms with Crippen LogP contribution in [0.15, 0.2) is 0 Å². The molecule has 0 amide bonds. The van der Waals surface area contributed by atoms with Crippen molar-refractivity contribution in [1.82, 2.24) is 0 Å². The molecular weight excluding hydrogens is 500 g/mol. The number of carboxylic acid groups (broad SMARTS) is 2. The molecule has 12 nitrogen and oxygen atoms in total. The van der Waals surface area contributed by atoms with Gasteiger partial charge in [0, 0.05) is 0 Å². The maximum absolute atomic E-state index is 10.6. The van der Waals surface area contributed by atoms with Crippen LogP contribution in [0.5, 0.6) is 0 Å². The van der Waals surface area contributed by atoms with Gasteiger partial charge in [-0.05, 0) is 20.8 Å². The molecular formula is C19H39BrO12. The van der Waals surface area contributed by atoms with E-state index in [-0.39, 0.29) is 77.2 Å². The summed E-state index contributed by atoms with van der Waals surface area (Å²) in [4.78, 5) is 30.5. The van der Waals surface area contributed by atoms with E-state index in [1.54, 1.807) is 0 Å². The van der Waals surface area contributed by atoms with Crippen LogP contribution in [0.2, 0.25) is 0 Å². The van der Waals surface area contributed by atoms with Crippen LogP contribution in [0.1, 0.15) is 28.2 Å². The van der Waals surface area contributed by atoms with Gasteiger partial charge in [-0.1, -0.05) is 23.4 Å². The summed E-state index contributed by atoms with van der Waals surface area (Å²) < 4.78 is 23.9. The molecule has 0 fully saturated rings. The highest BCUT2D eigenvalue weighted by Crippen LogP contribution is 2.07. The molecule has 0 unspecified atom stereocenters. The van der Waals surface area contributed by atoms with E-state index in [4.69, 9.17) is 29.9 Å². The number of aliphatic carboxylic acids is 2. The molecule has 0 spiro atoms. The van der Waals surface area contributed by atoms with E-state index in [9.17, 15) is 14.4 Å². The highest BCUT2D eigenvalue weighted by atomic mass is 79.9. The standard InChI is InChI=1S/C8H14O7.C6H11BrO2.C4H10O3.CH4/c9-7(10)5-14-3-1-13-2-4-15-6-8(11)12;1-6(2,3)9-5(8)4-7;5-1-3-7-4-2-6;/h1-6H2,(H,9,10)(H,11,12);4H2,1-3H3;5-6H,1-4H2;1H4. The van der Waals surface area contributed by atoms with Crippen molar-refractivity contribution >= 4 is 33.8 Å². The smallest absolute Gasteiger partial charge is 0.329 e. The van der Waals surface area contributed by atoms with Crippen LogP contribution < -0.4 is 0 Å². The summed E-state index contributed by atoms with van der Waals surface area (Å²) in [6.45, 7) is 6.40. The van der Waals surface area contributed by atoms with Crippen LogP contribution in [0.4, 0.5) is 0 Å². The lowest BCUT2D eigenvalue weighted by Crippen LogP contribution is -2.24. The Balaban J connectivity index is -0.000000198. The minimum atomic E-state index is -1.03. The van der Waals surface area contributed by atoms with Gasteiger partial charge in [0.1, 0.15) is 24.1 Å². The van der Waals surface area contributed by atoms with E-state index in [1.165, 1.54) is 0 Å². The number of aliphatic hydroxyl groups is 2. The van der Waals surface area contributed by atoms with Gasteiger partial charge in [-0.15, -0.1) is 0 Å². The molecule has 194 valence electrons. The predicted molar refractivity (Wildman–Crippen MR) is 119 cm³/mol. The molecule has 32 heavy (non-hydrogen) atoms. The number of esters is 1. The second-order valence-corrected chi connectivity index (χ2v) is 6.85. The predicted octanol–water partition coefficient (Wildman–Crippen LogP) is 0.552. The van der Waals surface area contributed by atoms with Crippen LogP contribution in [0, 0.1) is 0 Å². The largest absolute Gasteiger partial charge is 0.480 e. The van der Waals surface area contributed by atoms with Crippen molar-refractivity contribution in [2.75, 3.05) is 71.4 Å². The van der Waals surface area contributed by atoms with E-state index < -0.39 is 11.9 Å². The van der Waals surface area contributed by atoms with E-state index in [2.05, 4.69) is 30.1 Å². The summed E-state index contributed by atoms with van der Waals surface area (Å²) in [6.07, 6.45) is 0. The first kappa shape index (κ1) is 37.9. The van der Waals surface area contributed by atoms with Gasteiger partial charge in [-0.2, -0.15) is 0 Å². The summed E-state index contributed by atoms with van der Waals surface area (Å²) in [7, 11) is 0. The van der Waals surface area contributed by atoms with Crippen LogP contribution in [-0.4, -0.2) is 115 Å². The Morgan fingerprint density at radius 1 is 0.719 bits per heavy atom. The third kappa shape index (κ3) is 46.7. The average molecular weight is 539 g/mol. The van der Waals surface area contributed by atoms with E-state index in [0.29, 0.717) is 13.2 Å². The minimum Gasteiger partial charge on any atom is -0.480 e. The molecule has 0 aromatic carbocycles. The van der Waals surface area contributed by atoms with E-state index in [1.807, 2.05) is 20.8 Å². The van der Waals surface area contributed by atoms with Crippen LogP contribution in [0.3, 0.4) is 0 Å². The normalized spacial score (nSPS) is 9.94. The lowest BCUT2D eigenvalue weighted by atomic mass is 10.2. The van der Waals surface area contributed by atoms with Gasteiger partial charge in [0.2, 0.25) is 0 Å². The van der Waals surface area contributed by atoms with Crippen molar-refractivity contribution < 1.29 is 58.5 Å². The van der Waals surface area contributed by atoms with E-state index >= 15 is 0 Å². The van der Waals surface area contributed by atoms with Crippen molar-refractivity contribution in [3.05, 3.63) is 0 Å². The van der Waals surface area contributed by atoms with Crippen molar-refractivity contribution in [2.24, 2.45) is 0 Å². The summed E-state index contributed by atoms with van der Waals surface area (Å²) in [5.41, 5.74) is -0.356. The van der Waals surface area contributed by atoms with Crippen LogP contribution >= 0.6 is 15.9 Å². The topological polar surface area (TPSA) is 178 Å². The number of rotatable bonds is 15. The molecule has 0 aliphatic rings. The number of alkyl halides is 1. The lowest BCUT2D eigenvalue weighted by molar-refractivity contribution is -0.151. The summed E-state index contributed by atoms with van der Waals surface area (Å²) in [6, 6.07) is 0. The number of halogens is 1. The van der Waals surface area contributed by atoms with Gasteiger partial charge >= 0.3 is 17.9 Å². The number of ether oxygens (including phenoxy) is 5. The monoisotopic (exact) mass is 538 g/mol. The van der Waals surface area contributed by atoms with Crippen LogP contribution in [-0.2, 0) is 38.1 Å². The van der Waals surface area contributed by atoms with Gasteiger partial charge in [0.25, 0.3) is 0 Å². The molecule has 0 aromatic rings. The first-order valence-electron chi connectivity index (χ1n) is 9.24. The SMILES string of the molecule is C.CC(C)(C)OC(=O)CBr.O=C(O)COCCOCCOCC(=O)O.OCCOCCO. The summed E-state index contributed by atoms with van der Waals surface area (Å²) >= 11 is 2.99. The summed E-state index contributed by atoms with van der Waals surface area (Å²) in [5, 5.41) is 32.8. The molecule has 13 heteroatoms. The Labute approximate surface area is 197 Å². The fraction of sp³-hybridized carbons (Fsp3) is 0.842. The Kier molecular flexibility index (Phi) is 32.8. The van der Waals surface area contributed by atoms with Gasteiger partial charge in [-0.25, -0.2) is 9.59 Å². The Bertz CT molecular complexity index is 417. The maximum atomic E-state index is 10.6. The zero-order valence-corrected chi connectivity index (χ0v) is 19.8. The Hall–Kier alpha value is -1.35. The minimum absolute atomic E-state index is 0.